The minimum absolute atomic E-state index is 0.00154. The Morgan fingerprint density at radius 3 is 1.95 bits per heavy atom. The highest BCUT2D eigenvalue weighted by Crippen LogP contribution is 2.76. The van der Waals surface area contributed by atoms with Crippen LogP contribution in [0, 0.1) is 50.2 Å². The van der Waals surface area contributed by atoms with Gasteiger partial charge in [0.1, 0.15) is 67.1 Å². The summed E-state index contributed by atoms with van der Waals surface area (Å²) in [4.78, 5) is 13.1. The minimum atomic E-state index is -1.88. The third-order valence-electron chi connectivity index (χ3n) is 19.2. The molecule has 5 aliphatic carbocycles. The van der Waals surface area contributed by atoms with E-state index in [1.54, 1.807) is 0 Å². The number of aliphatic hydroxyl groups excluding tert-OH is 10. The molecule has 0 spiro atoms. The minimum Gasteiger partial charge on any atom is -0.481 e. The topological polar surface area (TPSA) is 295 Å². The first kappa shape index (κ1) is 50.0. The molecule has 0 aromatic carbocycles. The van der Waals surface area contributed by atoms with Crippen molar-refractivity contribution in [2.45, 2.75) is 198 Å². The molecule has 0 aromatic heterocycles. The second-order valence-corrected chi connectivity index (χ2v) is 22.9. The van der Waals surface area contributed by atoms with Crippen LogP contribution in [0.3, 0.4) is 0 Å². The Balaban J connectivity index is 0.966. The van der Waals surface area contributed by atoms with Crippen LogP contribution in [-0.4, -0.2) is 181 Å². The maximum Gasteiger partial charge on any atom is 0.310 e. The van der Waals surface area contributed by atoms with Crippen molar-refractivity contribution in [3.63, 3.8) is 0 Å². The standard InChI is InChI=1S/C47H76O18/c1-42(2)13-15-47(41(58)59)16-14-45(5)22(23(47)17-42)7-8-28-43(3)11-10-29(44(4,21-50)27(43)9-12-46(28,45)6)64-38-35(56)32(53)26(20-60-38)63-40-37(34(55)31(52)25(19-49)62-40)65-39-36(57)33(54)30(51)24(18-48)61-39/h7,23-40,48-57H,8-21H2,1-6H3,(H,58,59)/t23-,24+,25+,26-,27+,28+,29-,30+,31+,32-,33-,34-,35+,36+,37+,38-,39-,40-,43-,44-,45+,46+,47-/m0/s1. The third kappa shape index (κ3) is 7.80. The van der Waals surface area contributed by atoms with E-state index in [-0.39, 0.29) is 52.6 Å². The fraction of sp³-hybridized carbons (Fsp3) is 0.936. The average Bonchev–Trinajstić information content (AvgIpc) is 3.26. The number of allylic oxidation sites excluding steroid dienone is 2. The normalized spacial score (nSPS) is 54.3. The quantitative estimate of drug-likeness (QED) is 0.104. The van der Waals surface area contributed by atoms with E-state index in [4.69, 9.17) is 28.4 Å². The summed E-state index contributed by atoms with van der Waals surface area (Å²) >= 11 is 0. The van der Waals surface area contributed by atoms with Gasteiger partial charge in [0.2, 0.25) is 0 Å². The van der Waals surface area contributed by atoms with E-state index in [0.29, 0.717) is 19.3 Å². The van der Waals surface area contributed by atoms with Crippen molar-refractivity contribution in [1.82, 2.24) is 0 Å². The van der Waals surface area contributed by atoms with Gasteiger partial charge in [-0.2, -0.15) is 0 Å². The lowest BCUT2D eigenvalue weighted by Gasteiger charge is -2.71. The lowest BCUT2D eigenvalue weighted by atomic mass is 9.33. The van der Waals surface area contributed by atoms with Gasteiger partial charge in [-0.25, -0.2) is 0 Å². The molecule has 0 amide bonds. The molecule has 3 aliphatic heterocycles. The van der Waals surface area contributed by atoms with Crippen molar-refractivity contribution < 1.29 is 89.4 Å². The van der Waals surface area contributed by atoms with Crippen molar-refractivity contribution in [3.8, 4) is 0 Å². The van der Waals surface area contributed by atoms with Gasteiger partial charge in [0.25, 0.3) is 0 Å². The third-order valence-corrected chi connectivity index (χ3v) is 19.2. The van der Waals surface area contributed by atoms with Crippen LogP contribution in [0.15, 0.2) is 11.6 Å². The molecule has 3 saturated heterocycles. The number of rotatable bonds is 10. The summed E-state index contributed by atoms with van der Waals surface area (Å²) in [5, 5.41) is 118. The Morgan fingerprint density at radius 2 is 1.31 bits per heavy atom. The van der Waals surface area contributed by atoms with Gasteiger partial charge in [-0.15, -0.1) is 0 Å². The molecular weight excluding hydrogens is 852 g/mol. The molecule has 18 nitrogen and oxygen atoms in total. The van der Waals surface area contributed by atoms with E-state index < -0.39 is 122 Å². The molecule has 11 N–H and O–H groups in total. The van der Waals surface area contributed by atoms with Crippen LogP contribution >= 0.6 is 0 Å². The molecule has 18 heteroatoms. The Morgan fingerprint density at radius 1 is 0.677 bits per heavy atom. The van der Waals surface area contributed by atoms with Crippen LogP contribution in [0.5, 0.6) is 0 Å². The van der Waals surface area contributed by atoms with E-state index in [9.17, 15) is 61.0 Å². The zero-order valence-corrected chi connectivity index (χ0v) is 38.6. The molecule has 4 saturated carbocycles. The summed E-state index contributed by atoms with van der Waals surface area (Å²) in [6.45, 7) is 11.7. The van der Waals surface area contributed by atoms with E-state index >= 15 is 0 Å². The van der Waals surface area contributed by atoms with Gasteiger partial charge < -0.3 is 84.6 Å². The molecule has 0 aromatic rings. The predicted molar refractivity (Wildman–Crippen MR) is 226 cm³/mol. The van der Waals surface area contributed by atoms with E-state index in [2.05, 4.69) is 40.7 Å². The van der Waals surface area contributed by atoms with Crippen LogP contribution in [0.25, 0.3) is 0 Å². The molecule has 0 radical (unpaired) electrons. The number of hydrogen-bond donors (Lipinski definition) is 11. The molecule has 8 aliphatic rings. The van der Waals surface area contributed by atoms with Gasteiger partial charge in [-0.1, -0.05) is 53.2 Å². The number of fused-ring (bicyclic) bond motifs is 7. The number of aliphatic hydroxyl groups is 10. The highest BCUT2D eigenvalue weighted by atomic mass is 16.8. The summed E-state index contributed by atoms with van der Waals surface area (Å²) < 4.78 is 35.5. The SMILES string of the molecule is CC1(C)CC[C@]2(C(=O)O)CC[C@]3(C)C(=CC[C@@H]4[C@@]5(C)CC[C@H](O[C@@H]6OC[C@H](O[C@@H]7O[C@H](CO)[C@@H](O)[C@H](O)[C@H]7O[C@@H]7O[C@H](CO)[C@@H](O)[C@H](O)[C@H]7O)[C@H](O)[C@H]6O)[C@@](C)(CO)[C@@H]5CC[C@]43C)[C@@H]2C1. The van der Waals surface area contributed by atoms with Crippen molar-refractivity contribution in [2.24, 2.45) is 50.2 Å². The van der Waals surface area contributed by atoms with Crippen LogP contribution in [0.2, 0.25) is 0 Å². The molecule has 7 fully saturated rings. The first-order valence-electron chi connectivity index (χ1n) is 23.9. The summed E-state index contributed by atoms with van der Waals surface area (Å²) in [6, 6.07) is 0. The number of carbonyl (C=O) groups is 1. The van der Waals surface area contributed by atoms with Crippen molar-refractivity contribution >= 4 is 5.97 Å². The van der Waals surface area contributed by atoms with Crippen molar-refractivity contribution in [1.29, 1.82) is 0 Å². The molecule has 23 atom stereocenters. The number of carboxylic acids is 1. The van der Waals surface area contributed by atoms with Gasteiger partial charge in [0.05, 0.1) is 37.9 Å². The predicted octanol–water partition coefficient (Wildman–Crippen LogP) is 0.318. The highest BCUT2D eigenvalue weighted by Gasteiger charge is 2.70. The van der Waals surface area contributed by atoms with E-state index in [1.165, 1.54) is 5.57 Å². The lowest BCUT2D eigenvalue weighted by Crippen LogP contribution is -2.67. The molecule has 3 heterocycles. The fourth-order valence-corrected chi connectivity index (χ4v) is 14.8. The zero-order chi connectivity index (χ0) is 47.4. The molecule has 8 rings (SSSR count). The van der Waals surface area contributed by atoms with Gasteiger partial charge >= 0.3 is 5.97 Å². The first-order valence-corrected chi connectivity index (χ1v) is 23.9. The van der Waals surface area contributed by atoms with Crippen LogP contribution in [0.4, 0.5) is 0 Å². The summed E-state index contributed by atoms with van der Waals surface area (Å²) in [5.41, 5.74) is -0.567. The number of hydrogen-bond acceptors (Lipinski definition) is 17. The van der Waals surface area contributed by atoms with Crippen molar-refractivity contribution in [2.75, 3.05) is 26.4 Å². The van der Waals surface area contributed by atoms with Gasteiger partial charge in [-0.05, 0) is 104 Å². The van der Waals surface area contributed by atoms with Crippen LogP contribution in [0.1, 0.15) is 106 Å². The number of ether oxygens (including phenoxy) is 6. The second-order valence-electron chi connectivity index (χ2n) is 22.9. The van der Waals surface area contributed by atoms with Crippen LogP contribution < -0.4 is 0 Å². The largest absolute Gasteiger partial charge is 0.481 e. The second kappa shape index (κ2) is 17.8. The Kier molecular flexibility index (Phi) is 13.7. The Hall–Kier alpha value is -1.43. The number of aliphatic carboxylic acids is 1. The van der Waals surface area contributed by atoms with Gasteiger partial charge in [-0.3, -0.25) is 4.79 Å². The average molecular weight is 929 g/mol. The summed E-state index contributed by atoms with van der Waals surface area (Å²) in [7, 11) is 0. The van der Waals surface area contributed by atoms with E-state index in [0.717, 1.165) is 44.9 Å². The van der Waals surface area contributed by atoms with Gasteiger partial charge in [0.15, 0.2) is 18.9 Å². The highest BCUT2D eigenvalue weighted by molar-refractivity contribution is 5.76. The fourth-order valence-electron chi connectivity index (χ4n) is 14.8. The summed E-state index contributed by atoms with van der Waals surface area (Å²) in [5.74, 6) is -0.372. The lowest BCUT2D eigenvalue weighted by molar-refractivity contribution is -0.384. The van der Waals surface area contributed by atoms with Crippen LogP contribution in [-0.2, 0) is 33.2 Å². The Bertz CT molecular complexity index is 1760. The monoisotopic (exact) mass is 929 g/mol. The van der Waals surface area contributed by atoms with Crippen molar-refractivity contribution in [3.05, 3.63) is 11.6 Å². The van der Waals surface area contributed by atoms with Gasteiger partial charge in [0, 0.05) is 5.41 Å². The smallest absolute Gasteiger partial charge is 0.310 e. The Labute approximate surface area is 380 Å². The molecule has 65 heavy (non-hydrogen) atoms. The maximum atomic E-state index is 13.1. The first-order chi connectivity index (χ1) is 30.5. The molecule has 0 unspecified atom stereocenters. The zero-order valence-electron chi connectivity index (χ0n) is 38.6. The van der Waals surface area contributed by atoms with E-state index in [1.807, 2.05) is 6.92 Å². The summed E-state index contributed by atoms with van der Waals surface area (Å²) in [6.07, 6.45) is -13.2. The molecule has 0 bridgehead atoms. The molecular formula is C47H76O18. The molecule has 372 valence electrons. The number of carboxylic acid groups (broad SMARTS) is 1. The maximum absolute atomic E-state index is 13.1.